The molecule has 0 bridgehead atoms. The Labute approximate surface area is 138 Å². The number of hydrogen-bond acceptors (Lipinski definition) is 5. The zero-order chi connectivity index (χ0) is 17.6. The molecule has 9 heteroatoms. The SMILES string of the molecule is Cc1nc(-c2cnn3c(-c4cccc(C(F)(F)F)c4)ccnc23)no1. The van der Waals surface area contributed by atoms with Crippen molar-refractivity contribution in [2.24, 2.45) is 0 Å². The average Bonchev–Trinajstić information content (AvgIpc) is 3.19. The fourth-order valence-corrected chi connectivity index (χ4v) is 2.53. The molecule has 0 N–H and O–H groups in total. The van der Waals surface area contributed by atoms with Gasteiger partial charge >= 0.3 is 6.18 Å². The third-order valence-corrected chi connectivity index (χ3v) is 3.66. The number of benzene rings is 1. The topological polar surface area (TPSA) is 69.1 Å². The number of rotatable bonds is 2. The first-order valence-corrected chi connectivity index (χ1v) is 7.24. The van der Waals surface area contributed by atoms with E-state index in [9.17, 15) is 13.2 Å². The van der Waals surface area contributed by atoms with E-state index in [0.29, 0.717) is 34.2 Å². The molecule has 6 nitrogen and oxygen atoms in total. The molecule has 0 saturated heterocycles. The van der Waals surface area contributed by atoms with Crippen LogP contribution in [0.4, 0.5) is 13.2 Å². The molecule has 0 atom stereocenters. The minimum atomic E-state index is -4.42. The van der Waals surface area contributed by atoms with Gasteiger partial charge in [-0.15, -0.1) is 0 Å². The van der Waals surface area contributed by atoms with Crippen molar-refractivity contribution in [1.82, 2.24) is 24.7 Å². The molecule has 3 heterocycles. The van der Waals surface area contributed by atoms with Gasteiger partial charge in [-0.3, -0.25) is 0 Å². The van der Waals surface area contributed by atoms with Gasteiger partial charge in [0.1, 0.15) is 0 Å². The Morgan fingerprint density at radius 1 is 1.16 bits per heavy atom. The average molecular weight is 345 g/mol. The van der Waals surface area contributed by atoms with Crippen molar-refractivity contribution in [3.63, 3.8) is 0 Å². The van der Waals surface area contributed by atoms with Crippen LogP contribution in [-0.2, 0) is 6.18 Å². The summed E-state index contributed by atoms with van der Waals surface area (Å²) in [6.45, 7) is 1.66. The Balaban J connectivity index is 1.88. The van der Waals surface area contributed by atoms with Crippen LogP contribution < -0.4 is 0 Å². The monoisotopic (exact) mass is 345 g/mol. The van der Waals surface area contributed by atoms with Crippen molar-refractivity contribution < 1.29 is 17.7 Å². The highest BCUT2D eigenvalue weighted by molar-refractivity contribution is 5.75. The maximum Gasteiger partial charge on any atom is 0.416 e. The molecule has 0 unspecified atom stereocenters. The largest absolute Gasteiger partial charge is 0.416 e. The molecule has 1 aromatic carbocycles. The molecule has 4 aromatic rings. The normalized spacial score (nSPS) is 12.0. The highest BCUT2D eigenvalue weighted by atomic mass is 19.4. The number of aromatic nitrogens is 5. The highest BCUT2D eigenvalue weighted by Gasteiger charge is 2.30. The Bertz CT molecular complexity index is 1070. The second-order valence-electron chi connectivity index (χ2n) is 5.34. The van der Waals surface area contributed by atoms with Gasteiger partial charge in [-0.2, -0.15) is 23.3 Å². The van der Waals surface area contributed by atoms with Gasteiger partial charge in [-0.05, 0) is 18.2 Å². The van der Waals surface area contributed by atoms with Crippen LogP contribution in [0.3, 0.4) is 0 Å². The summed E-state index contributed by atoms with van der Waals surface area (Å²) in [5, 5.41) is 8.05. The predicted molar refractivity (Wildman–Crippen MR) is 81.5 cm³/mol. The number of alkyl halides is 3. The zero-order valence-corrected chi connectivity index (χ0v) is 12.8. The first kappa shape index (κ1) is 15.3. The first-order valence-electron chi connectivity index (χ1n) is 7.24. The van der Waals surface area contributed by atoms with Crippen molar-refractivity contribution in [1.29, 1.82) is 0 Å². The lowest BCUT2D eigenvalue weighted by molar-refractivity contribution is -0.137. The van der Waals surface area contributed by atoms with E-state index in [2.05, 4.69) is 20.2 Å². The quantitative estimate of drug-likeness (QED) is 0.553. The van der Waals surface area contributed by atoms with E-state index in [1.165, 1.54) is 23.0 Å². The molecule has 126 valence electrons. The van der Waals surface area contributed by atoms with Crippen molar-refractivity contribution in [2.75, 3.05) is 0 Å². The number of aryl methyl sites for hydroxylation is 1. The summed E-state index contributed by atoms with van der Waals surface area (Å²) < 4.78 is 45.3. The van der Waals surface area contributed by atoms with Crippen LogP contribution in [0.15, 0.2) is 47.2 Å². The van der Waals surface area contributed by atoms with Gasteiger partial charge in [0.25, 0.3) is 0 Å². The first-order chi connectivity index (χ1) is 11.9. The minimum absolute atomic E-state index is 0.321. The Morgan fingerprint density at radius 3 is 2.72 bits per heavy atom. The van der Waals surface area contributed by atoms with Crippen LogP contribution >= 0.6 is 0 Å². The Hall–Kier alpha value is -3.23. The Kier molecular flexibility index (Phi) is 3.31. The molecular formula is C16H10F3N5O. The molecule has 0 aliphatic rings. The second-order valence-corrected chi connectivity index (χ2v) is 5.34. The maximum absolute atomic E-state index is 13.0. The van der Waals surface area contributed by atoms with Crippen LogP contribution in [0.1, 0.15) is 11.5 Å². The van der Waals surface area contributed by atoms with Gasteiger partial charge in [0, 0.05) is 18.7 Å². The van der Waals surface area contributed by atoms with Gasteiger partial charge in [0.15, 0.2) is 5.65 Å². The van der Waals surface area contributed by atoms with Gasteiger partial charge in [-0.25, -0.2) is 9.50 Å². The summed E-state index contributed by atoms with van der Waals surface area (Å²) in [4.78, 5) is 8.37. The van der Waals surface area contributed by atoms with Crippen LogP contribution in [0.25, 0.3) is 28.3 Å². The van der Waals surface area contributed by atoms with Crippen LogP contribution in [0.5, 0.6) is 0 Å². The molecule has 3 aromatic heterocycles. The van der Waals surface area contributed by atoms with Crippen molar-refractivity contribution in [3.05, 3.63) is 54.2 Å². The summed E-state index contributed by atoms with van der Waals surface area (Å²) in [5.74, 6) is 0.713. The number of nitrogens with zero attached hydrogens (tertiary/aromatic N) is 5. The summed E-state index contributed by atoms with van der Waals surface area (Å²) >= 11 is 0. The third-order valence-electron chi connectivity index (χ3n) is 3.66. The Morgan fingerprint density at radius 2 is 2.00 bits per heavy atom. The number of halogens is 3. The maximum atomic E-state index is 13.0. The summed E-state index contributed by atoms with van der Waals surface area (Å²) in [5.41, 5.74) is 1.08. The summed E-state index contributed by atoms with van der Waals surface area (Å²) in [6.07, 6.45) is -1.41. The van der Waals surface area contributed by atoms with Crippen LogP contribution in [-0.4, -0.2) is 24.7 Å². The predicted octanol–water partition coefficient (Wildman–Crippen LogP) is 3.77. The van der Waals surface area contributed by atoms with Crippen LogP contribution in [0, 0.1) is 6.92 Å². The molecule has 0 fully saturated rings. The van der Waals surface area contributed by atoms with Gasteiger partial charge in [0.2, 0.25) is 11.7 Å². The lowest BCUT2D eigenvalue weighted by Crippen LogP contribution is -2.05. The molecule has 25 heavy (non-hydrogen) atoms. The van der Waals surface area contributed by atoms with E-state index in [4.69, 9.17) is 4.52 Å². The van der Waals surface area contributed by atoms with Gasteiger partial charge in [-0.1, -0.05) is 17.3 Å². The molecule has 0 aliphatic heterocycles. The van der Waals surface area contributed by atoms with Crippen LogP contribution in [0.2, 0.25) is 0 Å². The molecule has 0 aliphatic carbocycles. The van der Waals surface area contributed by atoms with Crippen molar-refractivity contribution >= 4 is 5.65 Å². The lowest BCUT2D eigenvalue weighted by atomic mass is 10.1. The van der Waals surface area contributed by atoms with E-state index < -0.39 is 11.7 Å². The lowest BCUT2D eigenvalue weighted by Gasteiger charge is -2.09. The molecule has 4 rings (SSSR count). The fraction of sp³-hybridized carbons (Fsp3) is 0.125. The number of fused-ring (bicyclic) bond motifs is 1. The molecule has 0 saturated carbocycles. The molecule has 0 amide bonds. The minimum Gasteiger partial charge on any atom is -0.339 e. The number of hydrogen-bond donors (Lipinski definition) is 0. The third kappa shape index (κ3) is 2.63. The van der Waals surface area contributed by atoms with Gasteiger partial charge in [0.05, 0.1) is 23.0 Å². The van der Waals surface area contributed by atoms with E-state index in [-0.39, 0.29) is 0 Å². The zero-order valence-electron chi connectivity index (χ0n) is 12.8. The standard InChI is InChI=1S/C16H10F3N5O/c1-9-22-14(23-25-9)12-8-21-24-13(5-6-20-15(12)24)10-3-2-4-11(7-10)16(17,18)19/h2-8H,1H3. The van der Waals surface area contributed by atoms with Crippen molar-refractivity contribution in [3.8, 4) is 22.6 Å². The highest BCUT2D eigenvalue weighted by Crippen LogP contribution is 2.32. The summed E-state index contributed by atoms with van der Waals surface area (Å²) in [6, 6.07) is 6.65. The van der Waals surface area contributed by atoms with Gasteiger partial charge < -0.3 is 4.52 Å². The van der Waals surface area contributed by atoms with Crippen molar-refractivity contribution in [2.45, 2.75) is 13.1 Å². The molecule has 0 spiro atoms. The summed E-state index contributed by atoms with van der Waals surface area (Å²) in [7, 11) is 0. The smallest absolute Gasteiger partial charge is 0.339 e. The van der Waals surface area contributed by atoms with E-state index in [1.54, 1.807) is 19.1 Å². The second kappa shape index (κ2) is 5.40. The molecular weight excluding hydrogens is 335 g/mol. The van der Waals surface area contributed by atoms with E-state index in [0.717, 1.165) is 12.1 Å². The van der Waals surface area contributed by atoms with E-state index >= 15 is 0 Å². The fourth-order valence-electron chi connectivity index (χ4n) is 2.53. The molecule has 0 radical (unpaired) electrons. The van der Waals surface area contributed by atoms with E-state index in [1.807, 2.05) is 0 Å².